The van der Waals surface area contributed by atoms with E-state index >= 15 is 0 Å². The molecule has 11 heteroatoms. The van der Waals surface area contributed by atoms with E-state index in [0.717, 1.165) is 10.5 Å². The van der Waals surface area contributed by atoms with Gasteiger partial charge in [-0.25, -0.2) is 9.69 Å². The van der Waals surface area contributed by atoms with E-state index in [2.05, 4.69) is 5.32 Å². The van der Waals surface area contributed by atoms with E-state index in [1.54, 1.807) is 18.2 Å². The van der Waals surface area contributed by atoms with E-state index in [1.165, 1.54) is 36.4 Å². The van der Waals surface area contributed by atoms with Gasteiger partial charge >= 0.3 is 6.03 Å². The molecule has 0 unspecified atom stereocenters. The summed E-state index contributed by atoms with van der Waals surface area (Å²) in [4.78, 5) is 38.7. The molecule has 1 aliphatic rings. The van der Waals surface area contributed by atoms with Crippen LogP contribution in [0.25, 0.3) is 6.08 Å². The summed E-state index contributed by atoms with van der Waals surface area (Å²) in [6.07, 6.45) is 1.27. The van der Waals surface area contributed by atoms with Crippen LogP contribution in [0, 0.1) is 0 Å². The number of carbonyl (C=O) groups is 3. The van der Waals surface area contributed by atoms with Gasteiger partial charge in [0.15, 0.2) is 5.75 Å². The zero-order valence-corrected chi connectivity index (χ0v) is 21.2. The van der Waals surface area contributed by atoms with Crippen LogP contribution in [0.3, 0.4) is 0 Å². The number of ether oxygens (including phenoxy) is 1. The lowest BCUT2D eigenvalue weighted by atomic mass is 10.1. The van der Waals surface area contributed by atoms with E-state index in [9.17, 15) is 14.4 Å². The van der Waals surface area contributed by atoms with E-state index in [0.29, 0.717) is 10.6 Å². The van der Waals surface area contributed by atoms with Crippen LogP contribution in [0.2, 0.25) is 25.1 Å². The van der Waals surface area contributed by atoms with Crippen LogP contribution < -0.4 is 15.0 Å². The number of rotatable bonds is 5. The fourth-order valence-corrected chi connectivity index (χ4v) is 4.34. The fourth-order valence-electron chi connectivity index (χ4n) is 3.25. The molecule has 1 fully saturated rings. The van der Waals surface area contributed by atoms with Crippen molar-refractivity contribution in [1.82, 2.24) is 5.32 Å². The number of halogens is 5. The van der Waals surface area contributed by atoms with Gasteiger partial charge < -0.3 is 4.74 Å². The van der Waals surface area contributed by atoms with Crippen LogP contribution in [0.4, 0.5) is 10.5 Å². The third-order valence-electron chi connectivity index (χ3n) is 4.92. The third-order valence-corrected chi connectivity index (χ3v) is 6.59. The molecule has 3 aromatic rings. The number of benzene rings is 3. The molecule has 35 heavy (non-hydrogen) atoms. The number of amides is 4. The molecule has 178 valence electrons. The molecule has 6 nitrogen and oxygen atoms in total. The number of nitrogens with one attached hydrogen (secondary N) is 1. The molecule has 1 N–H and O–H groups in total. The first-order valence-corrected chi connectivity index (χ1v) is 11.8. The summed E-state index contributed by atoms with van der Waals surface area (Å²) in [5, 5.41) is 3.34. The Morgan fingerprint density at radius 1 is 0.800 bits per heavy atom. The molecular weight excluding hydrogens is 558 g/mol. The number of anilines is 1. The van der Waals surface area contributed by atoms with Gasteiger partial charge in [-0.3, -0.25) is 14.9 Å². The second kappa shape index (κ2) is 10.5. The average molecular weight is 571 g/mol. The number of hydrogen-bond acceptors (Lipinski definition) is 4. The normalized spacial score (nSPS) is 14.9. The zero-order valence-electron chi connectivity index (χ0n) is 17.5. The highest BCUT2D eigenvalue weighted by Gasteiger charge is 2.37. The Labute approximate surface area is 224 Å². The highest BCUT2D eigenvalue weighted by Crippen LogP contribution is 2.36. The van der Waals surface area contributed by atoms with Gasteiger partial charge in [0.05, 0.1) is 25.8 Å². The fraction of sp³-hybridized carbons (Fsp3) is 0.0417. The molecule has 0 spiro atoms. The lowest BCUT2D eigenvalue weighted by molar-refractivity contribution is -0.122. The first-order valence-electron chi connectivity index (χ1n) is 9.87. The minimum atomic E-state index is -0.921. The standard InChI is InChI=1S/C24H13Cl5N2O4/c25-16-4-2-1-3-13(16)11-35-21-19(28)8-12(9-20(21)29)7-15-22(32)30-24(34)31(23(15)33)14-5-6-17(26)18(27)10-14/h1-10H,11H2,(H,30,32,34)/b15-7+. The van der Waals surface area contributed by atoms with Crippen LogP contribution >= 0.6 is 58.0 Å². The second-order valence-corrected chi connectivity index (χ2v) is 9.29. The quantitative estimate of drug-likeness (QED) is 0.260. The van der Waals surface area contributed by atoms with Crippen LogP contribution in [-0.4, -0.2) is 17.8 Å². The SMILES string of the molecule is O=C1NC(=O)N(c2ccc(Cl)c(Cl)c2)C(=O)/C1=C/c1cc(Cl)c(OCc2ccccc2Cl)c(Cl)c1. The van der Waals surface area contributed by atoms with Gasteiger partial charge in [-0.1, -0.05) is 76.2 Å². The van der Waals surface area contributed by atoms with Crippen molar-refractivity contribution in [3.8, 4) is 5.75 Å². The van der Waals surface area contributed by atoms with Crippen LogP contribution in [-0.2, 0) is 16.2 Å². The van der Waals surface area contributed by atoms with Crippen LogP contribution in [0.5, 0.6) is 5.75 Å². The second-order valence-electron chi connectivity index (χ2n) is 7.25. The summed E-state index contributed by atoms with van der Waals surface area (Å²) >= 11 is 30.8. The molecule has 0 atom stereocenters. The molecule has 1 aliphatic heterocycles. The van der Waals surface area contributed by atoms with Gasteiger partial charge in [0.2, 0.25) is 0 Å². The van der Waals surface area contributed by atoms with Gasteiger partial charge in [0.25, 0.3) is 11.8 Å². The number of barbiturate groups is 1. The molecular formula is C24H13Cl5N2O4. The van der Waals surface area contributed by atoms with E-state index in [1.807, 2.05) is 6.07 Å². The number of hydrogen-bond donors (Lipinski definition) is 1. The van der Waals surface area contributed by atoms with Gasteiger partial charge in [-0.05, 0) is 48.0 Å². The molecule has 4 amide bonds. The van der Waals surface area contributed by atoms with Crippen LogP contribution in [0.15, 0.2) is 60.2 Å². The van der Waals surface area contributed by atoms with E-state index < -0.39 is 17.8 Å². The van der Waals surface area contributed by atoms with Crippen molar-refractivity contribution in [2.45, 2.75) is 6.61 Å². The molecule has 0 aliphatic carbocycles. The lowest BCUT2D eigenvalue weighted by Gasteiger charge is -2.26. The third kappa shape index (κ3) is 5.42. The number of imide groups is 2. The van der Waals surface area contributed by atoms with Crippen molar-refractivity contribution in [1.29, 1.82) is 0 Å². The summed E-state index contributed by atoms with van der Waals surface area (Å²) in [7, 11) is 0. The summed E-state index contributed by atoms with van der Waals surface area (Å²) in [5.74, 6) is -1.52. The maximum Gasteiger partial charge on any atom is 0.335 e. The minimum Gasteiger partial charge on any atom is -0.486 e. The molecule has 3 aromatic carbocycles. The topological polar surface area (TPSA) is 75.7 Å². The summed E-state index contributed by atoms with van der Waals surface area (Å²) in [6, 6.07) is 13.4. The molecule has 0 aromatic heterocycles. The molecule has 0 saturated carbocycles. The Morgan fingerprint density at radius 3 is 2.14 bits per heavy atom. The molecule has 0 bridgehead atoms. The van der Waals surface area contributed by atoms with Crippen molar-refractivity contribution < 1.29 is 19.1 Å². The molecule has 1 heterocycles. The first kappa shape index (κ1) is 25.4. The van der Waals surface area contributed by atoms with E-state index in [-0.39, 0.29) is 43.7 Å². The minimum absolute atomic E-state index is 0.126. The monoisotopic (exact) mass is 568 g/mol. The number of urea groups is 1. The Balaban J connectivity index is 1.62. The van der Waals surface area contributed by atoms with Gasteiger partial charge in [-0.2, -0.15) is 0 Å². The Bertz CT molecular complexity index is 1380. The predicted molar refractivity (Wildman–Crippen MR) is 138 cm³/mol. The molecule has 0 radical (unpaired) electrons. The van der Waals surface area contributed by atoms with Crippen molar-refractivity contribution in [2.24, 2.45) is 0 Å². The molecule has 1 saturated heterocycles. The highest BCUT2D eigenvalue weighted by atomic mass is 35.5. The maximum atomic E-state index is 13.1. The summed E-state index contributed by atoms with van der Waals surface area (Å²) in [5.41, 5.74) is 0.906. The van der Waals surface area contributed by atoms with Crippen molar-refractivity contribution in [2.75, 3.05) is 4.90 Å². The van der Waals surface area contributed by atoms with Gasteiger partial charge in [0, 0.05) is 10.6 Å². The van der Waals surface area contributed by atoms with Gasteiger partial charge in [0.1, 0.15) is 12.2 Å². The predicted octanol–water partition coefficient (Wildman–Crippen LogP) is 7.20. The van der Waals surface area contributed by atoms with E-state index in [4.69, 9.17) is 62.7 Å². The zero-order chi connectivity index (χ0) is 25.3. The summed E-state index contributed by atoms with van der Waals surface area (Å²) in [6.45, 7) is 0.126. The molecule has 4 rings (SSSR count). The van der Waals surface area contributed by atoms with Crippen molar-refractivity contribution >= 4 is 87.6 Å². The van der Waals surface area contributed by atoms with Crippen molar-refractivity contribution in [3.05, 3.63) is 96.4 Å². The van der Waals surface area contributed by atoms with Crippen LogP contribution in [0.1, 0.15) is 11.1 Å². The smallest absolute Gasteiger partial charge is 0.335 e. The maximum absolute atomic E-state index is 13.1. The lowest BCUT2D eigenvalue weighted by Crippen LogP contribution is -2.54. The Morgan fingerprint density at radius 2 is 1.49 bits per heavy atom. The van der Waals surface area contributed by atoms with Gasteiger partial charge in [-0.15, -0.1) is 0 Å². The average Bonchev–Trinajstić information content (AvgIpc) is 2.79. The number of carbonyl (C=O) groups excluding carboxylic acids is 3. The first-order chi connectivity index (χ1) is 16.7. The highest BCUT2D eigenvalue weighted by molar-refractivity contribution is 6.43. The summed E-state index contributed by atoms with van der Waals surface area (Å²) < 4.78 is 5.74. The Hall–Kier alpha value is -2.74. The Kier molecular flexibility index (Phi) is 7.59. The van der Waals surface area contributed by atoms with Crippen molar-refractivity contribution in [3.63, 3.8) is 0 Å². The number of nitrogens with zero attached hydrogens (tertiary/aromatic N) is 1. The largest absolute Gasteiger partial charge is 0.486 e.